The van der Waals surface area contributed by atoms with Crippen molar-refractivity contribution in [3.05, 3.63) is 12.2 Å². The first-order chi connectivity index (χ1) is 6.52. The lowest BCUT2D eigenvalue weighted by atomic mass is 10.1. The third-order valence-corrected chi connectivity index (χ3v) is 1.55. The normalized spacial score (nSPS) is 14.9. The highest BCUT2D eigenvalue weighted by Gasteiger charge is 2.26. The molecule has 0 radical (unpaired) electrons. The minimum absolute atomic E-state index is 0.399. The van der Waals surface area contributed by atoms with Gasteiger partial charge < -0.3 is 15.2 Å². The van der Waals surface area contributed by atoms with Gasteiger partial charge in [-0.05, 0) is 6.92 Å². The zero-order chi connectivity index (χ0) is 11.1. The predicted molar refractivity (Wildman–Crippen MR) is 50.4 cm³/mol. The number of carbonyl (C=O) groups is 2. The Morgan fingerprint density at radius 2 is 2.07 bits per heavy atom. The molecule has 0 unspecified atom stereocenters. The third-order valence-electron chi connectivity index (χ3n) is 1.55. The Labute approximate surface area is 82.7 Å². The smallest absolute Gasteiger partial charge is 0.331 e. The molecule has 0 aromatic heterocycles. The highest BCUT2D eigenvalue weighted by Crippen LogP contribution is 1.98. The van der Waals surface area contributed by atoms with Crippen molar-refractivity contribution in [1.29, 1.82) is 0 Å². The van der Waals surface area contributed by atoms with E-state index < -0.39 is 24.0 Å². The second kappa shape index (κ2) is 6.15. The molecule has 0 saturated carbocycles. The molecule has 0 fully saturated rings. The number of hydrogen-bond acceptors (Lipinski definition) is 4. The van der Waals surface area contributed by atoms with Crippen LogP contribution in [0.3, 0.4) is 0 Å². The van der Waals surface area contributed by atoms with Crippen LogP contribution in [0.4, 0.5) is 0 Å². The van der Waals surface area contributed by atoms with Gasteiger partial charge in [-0.3, -0.25) is 4.79 Å². The molecular formula is C9H15NO4. The average Bonchev–Trinajstić information content (AvgIpc) is 2.13. The number of methoxy groups -OCH3 is 1. The highest BCUT2D eigenvalue weighted by molar-refractivity contribution is 5.83. The zero-order valence-electron chi connectivity index (χ0n) is 8.48. The average molecular weight is 201 g/mol. The summed E-state index contributed by atoms with van der Waals surface area (Å²) < 4.78 is 4.43. The number of hydrogen-bond donors (Lipinski definition) is 2. The summed E-state index contributed by atoms with van der Waals surface area (Å²) in [5.41, 5.74) is 0. The van der Waals surface area contributed by atoms with E-state index in [0.29, 0.717) is 0 Å². The van der Waals surface area contributed by atoms with Crippen molar-refractivity contribution < 1.29 is 19.4 Å². The SMILES string of the molecule is C/C=C/[C@H](O)[C@H](NC(C)=O)C(=O)OC. The standard InChI is InChI=1S/C9H15NO4/c1-4-5-7(12)8(9(13)14-3)10-6(2)11/h4-5,7-8,12H,1-3H3,(H,10,11)/b5-4+/t7-,8-/m0/s1. The van der Waals surface area contributed by atoms with E-state index >= 15 is 0 Å². The van der Waals surface area contributed by atoms with Crippen molar-refractivity contribution in [3.8, 4) is 0 Å². The first-order valence-electron chi connectivity index (χ1n) is 4.18. The molecule has 0 aliphatic carbocycles. The van der Waals surface area contributed by atoms with Gasteiger partial charge in [0.1, 0.15) is 6.10 Å². The fraction of sp³-hybridized carbons (Fsp3) is 0.556. The molecule has 1 amide bonds. The molecule has 5 nitrogen and oxygen atoms in total. The van der Waals surface area contributed by atoms with E-state index in [4.69, 9.17) is 0 Å². The van der Waals surface area contributed by atoms with Gasteiger partial charge in [-0.25, -0.2) is 4.79 Å². The Bertz CT molecular complexity index is 237. The van der Waals surface area contributed by atoms with Crippen LogP contribution in [0.15, 0.2) is 12.2 Å². The number of carbonyl (C=O) groups excluding carboxylic acids is 2. The maximum absolute atomic E-state index is 11.1. The van der Waals surface area contributed by atoms with Crippen molar-refractivity contribution in [2.75, 3.05) is 7.11 Å². The van der Waals surface area contributed by atoms with Crippen LogP contribution in [0.1, 0.15) is 13.8 Å². The molecule has 0 heterocycles. The number of allylic oxidation sites excluding steroid dienone is 1. The van der Waals surface area contributed by atoms with Gasteiger partial charge in [-0.1, -0.05) is 12.2 Å². The fourth-order valence-corrected chi connectivity index (χ4v) is 0.938. The molecule has 2 atom stereocenters. The second-order valence-electron chi connectivity index (χ2n) is 2.72. The molecule has 0 aromatic rings. The molecule has 2 N–H and O–H groups in total. The summed E-state index contributed by atoms with van der Waals surface area (Å²) in [7, 11) is 1.19. The molecule has 0 spiro atoms. The molecule has 0 bridgehead atoms. The van der Waals surface area contributed by atoms with Crippen LogP contribution in [0, 0.1) is 0 Å². The Hall–Kier alpha value is -1.36. The van der Waals surface area contributed by atoms with Crippen LogP contribution >= 0.6 is 0 Å². The molecule has 80 valence electrons. The third kappa shape index (κ3) is 4.04. The van der Waals surface area contributed by atoms with E-state index in [1.54, 1.807) is 13.0 Å². The van der Waals surface area contributed by atoms with E-state index in [-0.39, 0.29) is 0 Å². The maximum atomic E-state index is 11.1. The van der Waals surface area contributed by atoms with Crippen LogP contribution in [0.2, 0.25) is 0 Å². The minimum Gasteiger partial charge on any atom is -0.467 e. The van der Waals surface area contributed by atoms with E-state index in [1.165, 1.54) is 20.1 Å². The Kier molecular flexibility index (Phi) is 5.55. The van der Waals surface area contributed by atoms with Crippen molar-refractivity contribution in [1.82, 2.24) is 5.32 Å². The van der Waals surface area contributed by atoms with Crippen molar-refractivity contribution >= 4 is 11.9 Å². The fourth-order valence-electron chi connectivity index (χ4n) is 0.938. The first-order valence-corrected chi connectivity index (χ1v) is 4.18. The molecule has 14 heavy (non-hydrogen) atoms. The number of rotatable bonds is 4. The number of ether oxygens (including phenoxy) is 1. The molecule has 5 heteroatoms. The second-order valence-corrected chi connectivity index (χ2v) is 2.72. The number of nitrogens with one attached hydrogen (secondary N) is 1. The summed E-state index contributed by atoms with van der Waals surface area (Å²) in [5.74, 6) is -1.07. The lowest BCUT2D eigenvalue weighted by Gasteiger charge is -2.18. The van der Waals surface area contributed by atoms with E-state index in [1.807, 2.05) is 0 Å². The molecule has 0 saturated heterocycles. The maximum Gasteiger partial charge on any atom is 0.331 e. The van der Waals surface area contributed by atoms with Gasteiger partial charge in [0, 0.05) is 6.92 Å². The minimum atomic E-state index is -1.07. The van der Waals surface area contributed by atoms with Gasteiger partial charge in [-0.15, -0.1) is 0 Å². The summed E-state index contributed by atoms with van der Waals surface area (Å²) in [4.78, 5) is 21.9. The highest BCUT2D eigenvalue weighted by atomic mass is 16.5. The molecule has 0 rings (SSSR count). The largest absolute Gasteiger partial charge is 0.467 e. The Morgan fingerprint density at radius 3 is 2.43 bits per heavy atom. The van der Waals surface area contributed by atoms with E-state index in [9.17, 15) is 14.7 Å². The van der Waals surface area contributed by atoms with E-state index in [0.717, 1.165) is 0 Å². The number of aliphatic hydroxyl groups is 1. The quantitative estimate of drug-likeness (QED) is 0.479. The van der Waals surface area contributed by atoms with Crippen molar-refractivity contribution in [2.45, 2.75) is 26.0 Å². The van der Waals surface area contributed by atoms with Gasteiger partial charge in [0.05, 0.1) is 7.11 Å². The molecular weight excluding hydrogens is 186 g/mol. The van der Waals surface area contributed by atoms with Gasteiger partial charge in [-0.2, -0.15) is 0 Å². The molecule has 0 aromatic carbocycles. The Balaban J connectivity index is 4.53. The summed E-state index contributed by atoms with van der Waals surface area (Å²) in [5, 5.41) is 11.8. The van der Waals surface area contributed by atoms with Crippen molar-refractivity contribution in [2.24, 2.45) is 0 Å². The van der Waals surface area contributed by atoms with Crippen LogP contribution in [0.25, 0.3) is 0 Å². The molecule has 0 aliphatic rings. The number of aliphatic hydroxyl groups excluding tert-OH is 1. The van der Waals surface area contributed by atoms with Crippen LogP contribution in [0.5, 0.6) is 0 Å². The predicted octanol–water partition coefficient (Wildman–Crippen LogP) is -0.399. The zero-order valence-corrected chi connectivity index (χ0v) is 8.48. The molecule has 0 aliphatic heterocycles. The van der Waals surface area contributed by atoms with Gasteiger partial charge in [0.15, 0.2) is 6.04 Å². The van der Waals surface area contributed by atoms with Crippen LogP contribution in [-0.4, -0.2) is 36.2 Å². The monoisotopic (exact) mass is 201 g/mol. The topological polar surface area (TPSA) is 75.6 Å². The Morgan fingerprint density at radius 1 is 1.50 bits per heavy atom. The van der Waals surface area contributed by atoms with Gasteiger partial charge >= 0.3 is 5.97 Å². The lowest BCUT2D eigenvalue weighted by molar-refractivity contribution is -0.147. The van der Waals surface area contributed by atoms with Gasteiger partial charge in [0.25, 0.3) is 0 Å². The first kappa shape index (κ1) is 12.6. The summed E-state index contributed by atoms with van der Waals surface area (Å²) in [6, 6.07) is -1.05. The van der Waals surface area contributed by atoms with Crippen molar-refractivity contribution in [3.63, 3.8) is 0 Å². The lowest BCUT2D eigenvalue weighted by Crippen LogP contribution is -2.47. The summed E-state index contributed by atoms with van der Waals surface area (Å²) >= 11 is 0. The van der Waals surface area contributed by atoms with Gasteiger partial charge in [0.2, 0.25) is 5.91 Å². The summed E-state index contributed by atoms with van der Waals surface area (Å²) in [6.45, 7) is 2.96. The van der Waals surface area contributed by atoms with E-state index in [2.05, 4.69) is 10.1 Å². The number of esters is 1. The van der Waals surface area contributed by atoms with Crippen LogP contribution in [-0.2, 0) is 14.3 Å². The number of amides is 1. The summed E-state index contributed by atoms with van der Waals surface area (Å²) in [6.07, 6.45) is 1.91. The van der Waals surface area contributed by atoms with Crippen LogP contribution < -0.4 is 5.32 Å².